The highest BCUT2D eigenvalue weighted by molar-refractivity contribution is 5.86. The van der Waals surface area contributed by atoms with Crippen LogP contribution in [0.5, 0.6) is 11.8 Å². The van der Waals surface area contributed by atoms with Crippen molar-refractivity contribution in [2.24, 2.45) is 0 Å². The lowest BCUT2D eigenvalue weighted by molar-refractivity contribution is 0.0696. The molecule has 2 rings (SSSR count). The van der Waals surface area contributed by atoms with Crippen LogP contribution in [0.3, 0.4) is 0 Å². The summed E-state index contributed by atoms with van der Waals surface area (Å²) in [5.74, 6) is -1.67. The molecule has 0 atom stereocenters. The minimum Gasteiger partial charge on any atom is -0.478 e. The lowest BCUT2D eigenvalue weighted by Crippen LogP contribution is -2.00. The van der Waals surface area contributed by atoms with Crippen LogP contribution >= 0.6 is 0 Å². The first-order chi connectivity index (χ1) is 8.56. The van der Waals surface area contributed by atoms with Crippen molar-refractivity contribution >= 4 is 5.97 Å². The summed E-state index contributed by atoms with van der Waals surface area (Å²) in [6.45, 7) is 1.79. The molecule has 0 amide bonds. The summed E-state index contributed by atoms with van der Waals surface area (Å²) >= 11 is 0. The van der Waals surface area contributed by atoms with Crippen LogP contribution in [0.1, 0.15) is 15.9 Å². The van der Waals surface area contributed by atoms with E-state index in [-0.39, 0.29) is 17.3 Å². The highest BCUT2D eigenvalue weighted by Crippen LogP contribution is 2.22. The van der Waals surface area contributed by atoms with Gasteiger partial charge in [0.25, 0.3) is 0 Å². The van der Waals surface area contributed by atoms with Crippen molar-refractivity contribution in [3.63, 3.8) is 0 Å². The van der Waals surface area contributed by atoms with E-state index >= 15 is 0 Å². The van der Waals surface area contributed by atoms with Crippen molar-refractivity contribution in [3.8, 4) is 11.8 Å². The minimum atomic E-state index is -1.14. The average molecular weight is 248 g/mol. The molecule has 2 aromatic rings. The van der Waals surface area contributed by atoms with E-state index < -0.39 is 11.8 Å². The number of carbonyl (C=O) groups is 1. The topological polar surface area (TPSA) is 72.3 Å². The number of rotatable bonds is 3. The van der Waals surface area contributed by atoms with Gasteiger partial charge in [-0.1, -0.05) is 6.07 Å². The van der Waals surface area contributed by atoms with Crippen molar-refractivity contribution in [1.29, 1.82) is 0 Å². The SMILES string of the molecule is Cc1ccc(F)c(Oc2ncc(C(=O)O)cn2)c1. The number of carboxylic acid groups (broad SMARTS) is 1. The lowest BCUT2D eigenvalue weighted by Gasteiger charge is -2.05. The summed E-state index contributed by atoms with van der Waals surface area (Å²) < 4.78 is 18.5. The van der Waals surface area contributed by atoms with Crippen LogP contribution in [0.15, 0.2) is 30.6 Å². The molecule has 0 bridgehead atoms. The Hall–Kier alpha value is -2.50. The number of aryl methyl sites for hydroxylation is 1. The second kappa shape index (κ2) is 4.79. The van der Waals surface area contributed by atoms with Gasteiger partial charge in [0.2, 0.25) is 0 Å². The van der Waals surface area contributed by atoms with Gasteiger partial charge in [-0.25, -0.2) is 19.2 Å². The third-order valence-electron chi connectivity index (χ3n) is 2.16. The van der Waals surface area contributed by atoms with E-state index in [1.54, 1.807) is 13.0 Å². The first-order valence-corrected chi connectivity index (χ1v) is 5.05. The van der Waals surface area contributed by atoms with Gasteiger partial charge >= 0.3 is 12.0 Å². The van der Waals surface area contributed by atoms with Crippen LogP contribution in [-0.4, -0.2) is 21.0 Å². The lowest BCUT2D eigenvalue weighted by atomic mass is 10.2. The van der Waals surface area contributed by atoms with Gasteiger partial charge in [0.15, 0.2) is 11.6 Å². The second-order valence-electron chi connectivity index (χ2n) is 3.60. The summed E-state index contributed by atoms with van der Waals surface area (Å²) in [4.78, 5) is 18.0. The van der Waals surface area contributed by atoms with E-state index in [4.69, 9.17) is 9.84 Å². The van der Waals surface area contributed by atoms with Gasteiger partial charge in [0.1, 0.15) is 0 Å². The van der Waals surface area contributed by atoms with Crippen LogP contribution in [0, 0.1) is 12.7 Å². The van der Waals surface area contributed by atoms with E-state index in [9.17, 15) is 9.18 Å². The molecular weight excluding hydrogens is 239 g/mol. The molecule has 0 aliphatic heterocycles. The summed E-state index contributed by atoms with van der Waals surface area (Å²) in [5.41, 5.74) is 0.764. The molecule has 0 radical (unpaired) electrons. The van der Waals surface area contributed by atoms with E-state index in [1.807, 2.05) is 0 Å². The number of hydrogen-bond acceptors (Lipinski definition) is 4. The van der Waals surface area contributed by atoms with E-state index in [0.29, 0.717) is 0 Å². The standard InChI is InChI=1S/C12H9FN2O3/c1-7-2-3-9(13)10(4-7)18-12-14-5-8(6-15-12)11(16)17/h2-6H,1H3,(H,16,17). The molecule has 92 valence electrons. The summed E-state index contributed by atoms with van der Waals surface area (Å²) in [7, 11) is 0. The van der Waals surface area contributed by atoms with Crippen LogP contribution < -0.4 is 4.74 Å². The van der Waals surface area contributed by atoms with Crippen molar-refractivity contribution in [3.05, 3.63) is 47.5 Å². The molecule has 6 heteroatoms. The molecule has 0 saturated carbocycles. The third-order valence-corrected chi connectivity index (χ3v) is 2.16. The fraction of sp³-hybridized carbons (Fsp3) is 0.0833. The summed E-state index contributed by atoms with van der Waals surface area (Å²) in [6.07, 6.45) is 2.19. The van der Waals surface area contributed by atoms with Gasteiger partial charge in [-0.05, 0) is 24.6 Å². The highest BCUT2D eigenvalue weighted by Gasteiger charge is 2.08. The van der Waals surface area contributed by atoms with E-state index in [2.05, 4.69) is 9.97 Å². The number of benzene rings is 1. The van der Waals surface area contributed by atoms with Crippen LogP contribution in [0.2, 0.25) is 0 Å². The summed E-state index contributed by atoms with van der Waals surface area (Å²) in [6, 6.07) is 4.28. The van der Waals surface area contributed by atoms with Gasteiger partial charge in [0, 0.05) is 12.4 Å². The van der Waals surface area contributed by atoms with Crippen molar-refractivity contribution < 1.29 is 19.0 Å². The Morgan fingerprint density at radius 2 is 2.00 bits per heavy atom. The molecule has 0 spiro atoms. The Bertz CT molecular complexity index is 584. The third kappa shape index (κ3) is 2.60. The predicted octanol–water partition coefficient (Wildman–Crippen LogP) is 2.41. The molecule has 1 aromatic heterocycles. The number of ether oxygens (including phenoxy) is 1. The average Bonchev–Trinajstić information content (AvgIpc) is 2.34. The van der Waals surface area contributed by atoms with Crippen molar-refractivity contribution in [2.75, 3.05) is 0 Å². The second-order valence-corrected chi connectivity index (χ2v) is 3.60. The maximum absolute atomic E-state index is 13.4. The van der Waals surface area contributed by atoms with Crippen LogP contribution in [0.4, 0.5) is 4.39 Å². The fourth-order valence-electron chi connectivity index (χ4n) is 1.27. The fourth-order valence-corrected chi connectivity index (χ4v) is 1.27. The Labute approximate surface area is 102 Å². The Morgan fingerprint density at radius 3 is 2.61 bits per heavy atom. The van der Waals surface area contributed by atoms with Gasteiger partial charge in [-0.2, -0.15) is 0 Å². The zero-order valence-electron chi connectivity index (χ0n) is 9.42. The number of carboxylic acids is 1. The van der Waals surface area contributed by atoms with Crippen LogP contribution in [0.25, 0.3) is 0 Å². The number of nitrogens with zero attached hydrogens (tertiary/aromatic N) is 2. The first kappa shape index (κ1) is 12.0. The molecular formula is C12H9FN2O3. The molecule has 1 aromatic carbocycles. The molecule has 0 unspecified atom stereocenters. The molecule has 1 heterocycles. The van der Waals surface area contributed by atoms with Crippen molar-refractivity contribution in [1.82, 2.24) is 9.97 Å². The predicted molar refractivity (Wildman–Crippen MR) is 60.2 cm³/mol. The Morgan fingerprint density at radius 1 is 1.33 bits per heavy atom. The van der Waals surface area contributed by atoms with E-state index in [0.717, 1.165) is 18.0 Å². The maximum Gasteiger partial charge on any atom is 0.338 e. The Balaban J connectivity index is 2.23. The van der Waals surface area contributed by atoms with Crippen molar-refractivity contribution in [2.45, 2.75) is 6.92 Å². The van der Waals surface area contributed by atoms with Gasteiger partial charge < -0.3 is 9.84 Å². The minimum absolute atomic E-state index is 0.00178. The molecule has 0 fully saturated rings. The van der Waals surface area contributed by atoms with Crippen LogP contribution in [-0.2, 0) is 0 Å². The maximum atomic E-state index is 13.4. The van der Waals surface area contributed by atoms with E-state index in [1.165, 1.54) is 12.1 Å². The molecule has 1 N–H and O–H groups in total. The first-order valence-electron chi connectivity index (χ1n) is 5.05. The zero-order chi connectivity index (χ0) is 13.1. The number of hydrogen-bond donors (Lipinski definition) is 1. The number of aromatic carboxylic acids is 1. The molecule has 0 saturated heterocycles. The normalized spacial score (nSPS) is 10.1. The Kier molecular flexibility index (Phi) is 3.18. The van der Waals surface area contributed by atoms with Gasteiger partial charge in [0.05, 0.1) is 5.56 Å². The van der Waals surface area contributed by atoms with Gasteiger partial charge in [-0.3, -0.25) is 0 Å². The quantitative estimate of drug-likeness (QED) is 0.902. The highest BCUT2D eigenvalue weighted by atomic mass is 19.1. The molecule has 0 aliphatic rings. The molecule has 5 nitrogen and oxygen atoms in total. The smallest absolute Gasteiger partial charge is 0.338 e. The molecule has 0 aliphatic carbocycles. The number of halogens is 1. The molecule has 18 heavy (non-hydrogen) atoms. The van der Waals surface area contributed by atoms with Gasteiger partial charge in [-0.15, -0.1) is 0 Å². The number of aromatic nitrogens is 2. The zero-order valence-corrected chi connectivity index (χ0v) is 9.42. The largest absolute Gasteiger partial charge is 0.478 e. The monoisotopic (exact) mass is 248 g/mol. The summed E-state index contributed by atoms with van der Waals surface area (Å²) in [5, 5.41) is 8.67.